The fourth-order valence-corrected chi connectivity index (χ4v) is 3.87. The number of amides is 2. The van der Waals surface area contributed by atoms with Crippen molar-refractivity contribution in [2.24, 2.45) is 0 Å². The van der Waals surface area contributed by atoms with Gasteiger partial charge < -0.3 is 15.5 Å². The first-order valence-electron chi connectivity index (χ1n) is 10.8. The summed E-state index contributed by atoms with van der Waals surface area (Å²) in [6, 6.07) is 7.16. The predicted molar refractivity (Wildman–Crippen MR) is 124 cm³/mol. The summed E-state index contributed by atoms with van der Waals surface area (Å²) in [5.41, 5.74) is 6.72. The second kappa shape index (κ2) is 9.67. The number of unbranched alkanes of at least 4 members (excludes halogenated alkanes) is 1. The van der Waals surface area contributed by atoms with E-state index in [0.717, 1.165) is 12.0 Å². The lowest BCUT2D eigenvalue weighted by atomic mass is 10.1. The molecule has 3 rings (SSSR count). The molecule has 2 aromatic rings. The van der Waals surface area contributed by atoms with Crippen molar-refractivity contribution in [3.05, 3.63) is 62.8 Å². The minimum atomic E-state index is -0.698. The van der Waals surface area contributed by atoms with Crippen molar-refractivity contribution >= 4 is 29.0 Å². The Morgan fingerprint density at radius 1 is 1.09 bits per heavy atom. The zero-order valence-corrected chi connectivity index (χ0v) is 18.5. The van der Waals surface area contributed by atoms with Crippen LogP contribution in [0.4, 0.5) is 11.5 Å². The summed E-state index contributed by atoms with van der Waals surface area (Å²) in [5, 5.41) is 0. The third-order valence-corrected chi connectivity index (χ3v) is 5.56. The van der Waals surface area contributed by atoms with Crippen LogP contribution in [0.5, 0.6) is 0 Å². The van der Waals surface area contributed by atoms with Crippen molar-refractivity contribution in [3.63, 3.8) is 0 Å². The Bertz CT molecular complexity index is 1130. The molecule has 0 atom stereocenters. The quantitative estimate of drug-likeness (QED) is 0.620. The first-order chi connectivity index (χ1) is 15.3. The molecule has 2 heterocycles. The van der Waals surface area contributed by atoms with Crippen LogP contribution in [-0.4, -0.2) is 39.4 Å². The fourth-order valence-electron chi connectivity index (χ4n) is 3.87. The first kappa shape index (κ1) is 23.1. The van der Waals surface area contributed by atoms with Gasteiger partial charge in [-0.2, -0.15) is 0 Å². The average molecular weight is 440 g/mol. The molecule has 9 nitrogen and oxygen atoms in total. The molecule has 170 valence electrons. The van der Waals surface area contributed by atoms with Crippen molar-refractivity contribution in [1.29, 1.82) is 0 Å². The van der Waals surface area contributed by atoms with Crippen LogP contribution in [0.25, 0.3) is 5.70 Å². The summed E-state index contributed by atoms with van der Waals surface area (Å²) < 4.78 is 1.29. The monoisotopic (exact) mass is 439 g/mol. The number of benzene rings is 1. The number of hydrogen-bond acceptors (Lipinski definition) is 5. The molecule has 1 aliphatic heterocycles. The molecule has 0 radical (unpaired) electrons. The number of aromatic nitrogens is 2. The van der Waals surface area contributed by atoms with Crippen molar-refractivity contribution in [2.75, 3.05) is 23.7 Å². The second-order valence-electron chi connectivity index (χ2n) is 7.74. The van der Waals surface area contributed by atoms with Crippen LogP contribution in [0.1, 0.15) is 55.5 Å². The van der Waals surface area contributed by atoms with Gasteiger partial charge in [-0.3, -0.25) is 23.9 Å². The Balaban J connectivity index is 1.85. The molecule has 0 spiro atoms. The number of anilines is 2. The molecule has 0 bridgehead atoms. The number of carbonyl (C=O) groups is 2. The van der Waals surface area contributed by atoms with Gasteiger partial charge in [0.15, 0.2) is 5.69 Å². The summed E-state index contributed by atoms with van der Waals surface area (Å²) in [6.07, 6.45) is 2.11. The molecule has 0 aliphatic carbocycles. The van der Waals surface area contributed by atoms with E-state index < -0.39 is 11.2 Å². The Morgan fingerprint density at radius 3 is 2.41 bits per heavy atom. The van der Waals surface area contributed by atoms with Gasteiger partial charge in [0.1, 0.15) is 5.82 Å². The van der Waals surface area contributed by atoms with Crippen molar-refractivity contribution < 1.29 is 9.59 Å². The van der Waals surface area contributed by atoms with Crippen LogP contribution in [0.3, 0.4) is 0 Å². The molecule has 0 saturated carbocycles. The van der Waals surface area contributed by atoms with Crippen LogP contribution in [0.2, 0.25) is 0 Å². The van der Waals surface area contributed by atoms with Crippen LogP contribution in [0, 0.1) is 0 Å². The molecule has 32 heavy (non-hydrogen) atoms. The highest BCUT2D eigenvalue weighted by atomic mass is 16.2. The van der Waals surface area contributed by atoms with Crippen molar-refractivity contribution in [1.82, 2.24) is 14.5 Å². The molecule has 2 amide bonds. The minimum absolute atomic E-state index is 0.0221. The van der Waals surface area contributed by atoms with Crippen LogP contribution in [-0.2, 0) is 11.3 Å². The number of nitrogen functional groups attached to an aromatic ring is 1. The van der Waals surface area contributed by atoms with Gasteiger partial charge in [0.05, 0.1) is 0 Å². The minimum Gasteiger partial charge on any atom is -0.383 e. The second-order valence-corrected chi connectivity index (χ2v) is 7.74. The number of rotatable bonds is 9. The van der Waals surface area contributed by atoms with E-state index in [-0.39, 0.29) is 42.8 Å². The Labute approximate surface area is 186 Å². The van der Waals surface area contributed by atoms with Crippen molar-refractivity contribution in [3.8, 4) is 0 Å². The normalized spacial score (nSPS) is 12.9. The number of fused-ring (bicyclic) bond motifs is 1. The summed E-state index contributed by atoms with van der Waals surface area (Å²) >= 11 is 0. The standard InChI is InChI=1S/C23H29N5O4/c1-4-6-13-28-20(24)19(21(30)25-23(28)32)27(12-5-2)18(29)11-14-26-15(3)16-9-7-8-10-17(16)22(26)31/h7-10H,3-6,11-14,24H2,1-2H3,(H,25,30,32). The lowest BCUT2D eigenvalue weighted by Gasteiger charge is -2.25. The number of aromatic amines is 1. The molecule has 0 unspecified atom stereocenters. The van der Waals surface area contributed by atoms with Crippen LogP contribution in [0.15, 0.2) is 40.4 Å². The molecule has 9 heteroatoms. The average Bonchev–Trinajstić information content (AvgIpc) is 3.01. The maximum absolute atomic E-state index is 13.2. The summed E-state index contributed by atoms with van der Waals surface area (Å²) in [6.45, 7) is 8.57. The van der Waals surface area contributed by atoms with E-state index in [9.17, 15) is 19.2 Å². The van der Waals surface area contributed by atoms with E-state index in [0.29, 0.717) is 30.6 Å². The fraction of sp³-hybridized carbons (Fsp3) is 0.391. The number of hydrogen-bond donors (Lipinski definition) is 2. The highest BCUT2D eigenvalue weighted by molar-refractivity contribution is 6.09. The zero-order valence-electron chi connectivity index (χ0n) is 18.5. The van der Waals surface area contributed by atoms with E-state index >= 15 is 0 Å². The SMILES string of the molecule is C=C1c2ccccc2C(=O)N1CCC(=O)N(CCC)c1c(N)n(CCCC)c(=O)[nH]c1=O. The molecule has 3 N–H and O–H groups in total. The number of nitrogens with two attached hydrogens (primary N) is 1. The molecular weight excluding hydrogens is 410 g/mol. The van der Waals surface area contributed by atoms with Gasteiger partial charge in [-0.05, 0) is 18.9 Å². The summed E-state index contributed by atoms with van der Waals surface area (Å²) in [5.74, 6) is -0.588. The largest absolute Gasteiger partial charge is 0.383 e. The topological polar surface area (TPSA) is 121 Å². The van der Waals surface area contributed by atoms with Gasteiger partial charge in [-0.25, -0.2) is 4.79 Å². The first-order valence-corrected chi connectivity index (χ1v) is 10.8. The molecular formula is C23H29N5O4. The number of carbonyl (C=O) groups excluding carboxylic acids is 2. The van der Waals surface area contributed by atoms with Crippen molar-refractivity contribution in [2.45, 2.75) is 46.1 Å². The van der Waals surface area contributed by atoms with Gasteiger partial charge in [0.25, 0.3) is 11.5 Å². The smallest absolute Gasteiger partial charge is 0.330 e. The molecule has 1 aromatic heterocycles. The summed E-state index contributed by atoms with van der Waals surface area (Å²) in [7, 11) is 0. The van der Waals surface area contributed by atoms with Gasteiger partial charge in [-0.15, -0.1) is 0 Å². The number of nitrogens with one attached hydrogen (secondary N) is 1. The Morgan fingerprint density at radius 2 is 1.78 bits per heavy atom. The van der Waals surface area contributed by atoms with E-state index in [1.807, 2.05) is 26.0 Å². The van der Waals surface area contributed by atoms with Gasteiger partial charge in [0.2, 0.25) is 5.91 Å². The third kappa shape index (κ3) is 4.23. The van der Waals surface area contributed by atoms with Crippen LogP contribution < -0.4 is 21.9 Å². The van der Waals surface area contributed by atoms with Gasteiger partial charge >= 0.3 is 5.69 Å². The highest BCUT2D eigenvalue weighted by Gasteiger charge is 2.31. The van der Waals surface area contributed by atoms with E-state index in [1.165, 1.54) is 14.4 Å². The highest BCUT2D eigenvalue weighted by Crippen LogP contribution is 2.31. The molecule has 0 fully saturated rings. The Hall–Kier alpha value is -3.62. The lowest BCUT2D eigenvalue weighted by molar-refractivity contribution is -0.118. The van der Waals surface area contributed by atoms with E-state index in [2.05, 4.69) is 11.6 Å². The van der Waals surface area contributed by atoms with Gasteiger partial charge in [0, 0.05) is 42.9 Å². The third-order valence-electron chi connectivity index (χ3n) is 5.56. The van der Waals surface area contributed by atoms with E-state index in [4.69, 9.17) is 5.73 Å². The number of nitrogens with zero attached hydrogens (tertiary/aromatic N) is 3. The molecule has 0 saturated heterocycles. The predicted octanol–water partition coefficient (Wildman–Crippen LogP) is 2.18. The lowest BCUT2D eigenvalue weighted by Crippen LogP contribution is -2.42. The Kier molecular flexibility index (Phi) is 6.97. The molecule has 1 aliphatic rings. The summed E-state index contributed by atoms with van der Waals surface area (Å²) in [4.78, 5) is 55.7. The zero-order chi connectivity index (χ0) is 23.4. The van der Waals surface area contributed by atoms with Gasteiger partial charge in [-0.1, -0.05) is 45.0 Å². The number of H-pyrrole nitrogens is 1. The maximum Gasteiger partial charge on any atom is 0.330 e. The van der Waals surface area contributed by atoms with E-state index in [1.54, 1.807) is 12.1 Å². The maximum atomic E-state index is 13.2. The molecule has 1 aromatic carbocycles. The van der Waals surface area contributed by atoms with Crippen LogP contribution >= 0.6 is 0 Å².